The topological polar surface area (TPSA) is 129 Å². The Morgan fingerprint density at radius 1 is 0.886 bits per heavy atom. The van der Waals surface area contributed by atoms with Gasteiger partial charge in [-0.25, -0.2) is 4.79 Å². The number of nitrogens with zero attached hydrogens (tertiary/aromatic N) is 1. The monoisotopic (exact) mass is 607 g/mol. The Bertz CT molecular complexity index is 2070. The average molecular weight is 608 g/mol. The maximum Gasteiger partial charge on any atom is 0.440 e. The molecule has 0 spiro atoms. The number of aromatic nitrogens is 2. The summed E-state index contributed by atoms with van der Waals surface area (Å²) in [6.07, 6.45) is -0.754. The van der Waals surface area contributed by atoms with Gasteiger partial charge in [0.15, 0.2) is 5.75 Å². The molecule has 1 atom stereocenters. The summed E-state index contributed by atoms with van der Waals surface area (Å²) in [6.45, 7) is 0.372. The highest BCUT2D eigenvalue weighted by molar-refractivity contribution is 6.19. The van der Waals surface area contributed by atoms with Crippen molar-refractivity contribution >= 4 is 73.5 Å². The molecule has 0 radical (unpaired) electrons. The number of alkyl halides is 1. The molecule has 6 aromatic rings. The first-order valence-electron chi connectivity index (χ1n) is 13.9. The fourth-order valence-corrected chi connectivity index (χ4v) is 6.07. The fourth-order valence-electron chi connectivity index (χ4n) is 5.82. The number of aromatic amines is 2. The Kier molecular flexibility index (Phi) is 6.83. The normalized spacial score (nSPS) is 14.1. The van der Waals surface area contributed by atoms with E-state index in [4.69, 9.17) is 16.4 Å². The maximum absolute atomic E-state index is 14.0. The molecule has 0 saturated carbocycles. The van der Waals surface area contributed by atoms with Crippen molar-refractivity contribution in [1.29, 1.82) is 0 Å². The van der Waals surface area contributed by atoms with E-state index in [0.717, 1.165) is 38.1 Å². The number of fused-ring (bicyclic) bond motifs is 5. The number of amides is 3. The van der Waals surface area contributed by atoms with E-state index in [1.165, 1.54) is 7.11 Å². The van der Waals surface area contributed by atoms with Crippen LogP contribution in [0.3, 0.4) is 0 Å². The second kappa shape index (κ2) is 11.0. The second-order valence-electron chi connectivity index (χ2n) is 10.5. The number of ether oxygens (including phenoxy) is 1. The lowest BCUT2D eigenvalue weighted by Gasteiger charge is -2.18. The zero-order chi connectivity index (χ0) is 30.4. The molecular formula is C33H26ClN5O5. The number of carbonyl (C=O) groups excluding carboxylic acids is 3. The van der Waals surface area contributed by atoms with Crippen molar-refractivity contribution in [3.05, 3.63) is 102 Å². The van der Waals surface area contributed by atoms with Gasteiger partial charge in [0.25, 0.3) is 11.8 Å². The van der Waals surface area contributed by atoms with Gasteiger partial charge >= 0.3 is 6.09 Å². The van der Waals surface area contributed by atoms with Crippen LogP contribution < -0.4 is 20.5 Å². The molecule has 3 heterocycles. The Morgan fingerprint density at radius 2 is 1.61 bits per heavy atom. The summed E-state index contributed by atoms with van der Waals surface area (Å²) < 4.78 is 4.64. The van der Waals surface area contributed by atoms with Gasteiger partial charge in [-0.3, -0.25) is 9.59 Å². The van der Waals surface area contributed by atoms with Gasteiger partial charge in [-0.15, -0.1) is 11.6 Å². The second-order valence-corrected chi connectivity index (χ2v) is 10.8. The third kappa shape index (κ3) is 4.75. The van der Waals surface area contributed by atoms with Gasteiger partial charge in [-0.2, -0.15) is 5.48 Å². The van der Waals surface area contributed by atoms with Crippen LogP contribution in [0.25, 0.3) is 32.6 Å². The highest BCUT2D eigenvalue weighted by Crippen LogP contribution is 2.46. The molecule has 7 rings (SSSR count). The lowest BCUT2D eigenvalue weighted by molar-refractivity contribution is 0.0982. The van der Waals surface area contributed by atoms with Crippen molar-refractivity contribution in [2.75, 3.05) is 29.8 Å². The van der Waals surface area contributed by atoms with Gasteiger partial charge in [-0.05, 0) is 47.3 Å². The molecule has 0 fully saturated rings. The number of hydroxylamine groups is 1. The summed E-state index contributed by atoms with van der Waals surface area (Å²) in [5.74, 6) is 0.0535. The molecule has 0 saturated heterocycles. The van der Waals surface area contributed by atoms with E-state index in [-0.39, 0.29) is 17.7 Å². The smallest absolute Gasteiger partial charge is 0.440 e. The number of carbonyl (C=O) groups is 3. The fraction of sp³-hybridized carbons (Fsp3) is 0.121. The Morgan fingerprint density at radius 3 is 2.41 bits per heavy atom. The summed E-state index contributed by atoms with van der Waals surface area (Å²) in [6, 6.07) is 26.0. The molecule has 3 amide bonds. The first kappa shape index (κ1) is 27.4. The SMILES string of the molecule is COC(=O)NOc1cc2c(c3ccccc13)[C@@H](CCl)CN2C(=O)c1cc2cc(NC(=O)c3cc4ccccc4[nH]3)ccc2[nH]1. The molecule has 4 aromatic carbocycles. The van der Waals surface area contributed by atoms with E-state index in [0.29, 0.717) is 40.9 Å². The zero-order valence-electron chi connectivity index (χ0n) is 23.4. The van der Waals surface area contributed by atoms with E-state index in [9.17, 15) is 14.4 Å². The molecule has 220 valence electrons. The molecule has 1 aliphatic heterocycles. The van der Waals surface area contributed by atoms with Crippen LogP contribution in [0.5, 0.6) is 5.75 Å². The van der Waals surface area contributed by atoms with Crippen LogP contribution in [0.4, 0.5) is 16.2 Å². The molecule has 4 N–H and O–H groups in total. The molecule has 10 nitrogen and oxygen atoms in total. The quantitative estimate of drug-likeness (QED) is 0.124. The minimum Gasteiger partial charge on any atom is -0.451 e. The number of H-pyrrole nitrogens is 2. The number of para-hydroxylation sites is 1. The summed E-state index contributed by atoms with van der Waals surface area (Å²) in [7, 11) is 1.24. The highest BCUT2D eigenvalue weighted by atomic mass is 35.5. The van der Waals surface area contributed by atoms with Crippen LogP contribution in [0.15, 0.2) is 84.9 Å². The number of hydrogen-bond donors (Lipinski definition) is 4. The first-order chi connectivity index (χ1) is 21.4. The zero-order valence-corrected chi connectivity index (χ0v) is 24.2. The van der Waals surface area contributed by atoms with E-state index < -0.39 is 6.09 Å². The van der Waals surface area contributed by atoms with Crippen LogP contribution in [0.2, 0.25) is 0 Å². The van der Waals surface area contributed by atoms with Crippen LogP contribution in [-0.4, -0.2) is 47.4 Å². The number of rotatable bonds is 6. The molecule has 1 aliphatic rings. The van der Waals surface area contributed by atoms with Gasteiger partial charge < -0.3 is 29.8 Å². The molecule has 0 aliphatic carbocycles. The van der Waals surface area contributed by atoms with Gasteiger partial charge in [0.2, 0.25) is 0 Å². The van der Waals surface area contributed by atoms with Crippen molar-refractivity contribution in [3.8, 4) is 5.75 Å². The van der Waals surface area contributed by atoms with Crippen molar-refractivity contribution in [3.63, 3.8) is 0 Å². The number of nitrogens with one attached hydrogen (secondary N) is 4. The third-order valence-electron chi connectivity index (χ3n) is 7.87. The van der Waals surface area contributed by atoms with Gasteiger partial charge in [-0.1, -0.05) is 42.5 Å². The van der Waals surface area contributed by atoms with E-state index in [1.54, 1.807) is 23.1 Å². The van der Waals surface area contributed by atoms with E-state index >= 15 is 0 Å². The lowest BCUT2D eigenvalue weighted by atomic mass is 9.95. The number of benzene rings is 4. The summed E-state index contributed by atoms with van der Waals surface area (Å²) in [5.41, 5.74) is 6.90. The molecule has 2 aromatic heterocycles. The summed E-state index contributed by atoms with van der Waals surface area (Å²) in [5, 5.41) is 6.29. The van der Waals surface area contributed by atoms with Gasteiger partial charge in [0.1, 0.15) is 11.4 Å². The average Bonchev–Trinajstić information content (AvgIpc) is 3.78. The van der Waals surface area contributed by atoms with Crippen molar-refractivity contribution in [1.82, 2.24) is 15.4 Å². The minimum atomic E-state index is -0.754. The first-order valence-corrected chi connectivity index (χ1v) is 14.4. The van der Waals surface area contributed by atoms with Crippen LogP contribution >= 0.6 is 11.6 Å². The van der Waals surface area contributed by atoms with Crippen molar-refractivity contribution in [2.45, 2.75) is 5.92 Å². The molecular weight excluding hydrogens is 582 g/mol. The number of methoxy groups -OCH3 is 1. The Balaban J connectivity index is 1.19. The predicted molar refractivity (Wildman–Crippen MR) is 170 cm³/mol. The van der Waals surface area contributed by atoms with Gasteiger partial charge in [0, 0.05) is 57.3 Å². The molecule has 0 bridgehead atoms. The number of hydrogen-bond acceptors (Lipinski definition) is 5. The van der Waals surface area contributed by atoms with Crippen LogP contribution in [-0.2, 0) is 4.74 Å². The standard InChI is InChI=1S/C33H26ClN5O5/c1-43-33(42)38-44-29-15-28-30(23-8-4-3-7-22(23)29)20(16-34)17-39(28)32(41)27-14-19-12-21(10-11-25(19)37-27)35-31(40)26-13-18-6-2-5-9-24(18)36-26/h2-15,20,36-37H,16-17H2,1H3,(H,35,40)(H,38,42)/t20-/m0/s1. The minimum absolute atomic E-state index is 0.112. The highest BCUT2D eigenvalue weighted by Gasteiger charge is 2.35. The molecule has 44 heavy (non-hydrogen) atoms. The van der Waals surface area contributed by atoms with E-state index in [2.05, 4.69) is 25.5 Å². The molecule has 0 unspecified atom stereocenters. The van der Waals surface area contributed by atoms with Crippen molar-refractivity contribution < 1.29 is 24.0 Å². The maximum atomic E-state index is 14.0. The largest absolute Gasteiger partial charge is 0.451 e. The Hall–Kier alpha value is -5.48. The summed E-state index contributed by atoms with van der Waals surface area (Å²) in [4.78, 5) is 52.3. The van der Waals surface area contributed by atoms with Crippen LogP contribution in [0.1, 0.15) is 32.5 Å². The van der Waals surface area contributed by atoms with Crippen molar-refractivity contribution in [2.24, 2.45) is 0 Å². The number of anilines is 2. The number of halogens is 1. The third-order valence-corrected chi connectivity index (χ3v) is 8.25. The Labute approximate surface area is 255 Å². The molecule has 11 heteroatoms. The summed E-state index contributed by atoms with van der Waals surface area (Å²) >= 11 is 6.42. The predicted octanol–water partition coefficient (Wildman–Crippen LogP) is 6.69. The lowest BCUT2D eigenvalue weighted by Crippen LogP contribution is -2.30. The van der Waals surface area contributed by atoms with E-state index in [1.807, 2.05) is 66.7 Å². The van der Waals surface area contributed by atoms with Crippen LogP contribution in [0, 0.1) is 0 Å². The van der Waals surface area contributed by atoms with Gasteiger partial charge in [0.05, 0.1) is 12.8 Å².